The summed E-state index contributed by atoms with van der Waals surface area (Å²) in [6.45, 7) is -0.863. The summed E-state index contributed by atoms with van der Waals surface area (Å²) < 4.78 is 0. The first-order chi connectivity index (χ1) is 5.91. The van der Waals surface area contributed by atoms with Crippen molar-refractivity contribution in [3.63, 3.8) is 0 Å². The minimum atomic E-state index is -2.31. The Bertz CT molecular complexity index is 170. The van der Waals surface area contributed by atoms with Gasteiger partial charge in [0, 0.05) is 0 Å². The van der Waals surface area contributed by atoms with Crippen molar-refractivity contribution < 1.29 is 35.4 Å². The highest BCUT2D eigenvalue weighted by molar-refractivity contribution is 5.70. The molecule has 0 heterocycles. The number of carbonyl (C=O) groups is 1. The number of aliphatic hydroxyl groups is 5. The highest BCUT2D eigenvalue weighted by atomic mass is 16.4. The molecule has 13 heavy (non-hydrogen) atoms. The summed E-state index contributed by atoms with van der Waals surface area (Å²) in [7, 11) is 0. The Kier molecular flexibility index (Phi) is 4.81. The molecule has 0 saturated heterocycles. The van der Waals surface area contributed by atoms with Crippen LogP contribution in [0.3, 0.4) is 0 Å². The molecule has 0 amide bonds. The molecule has 0 bridgehead atoms. The normalized spacial score (nSPS) is 20.4. The van der Waals surface area contributed by atoms with Crippen LogP contribution in [0, 0.1) is 0 Å². The standard InChI is InChI=1S/C6H12O7/c7-1-2(8)3(9)4(10)5(11)6(12)13/h2-5,7-11H,1H2,(H,12,13)/p-1/t2-,3-,4+,5+/m1/s1. The Morgan fingerprint density at radius 2 is 1.62 bits per heavy atom. The first kappa shape index (κ1) is 12.3. The smallest absolute Gasteiger partial charge is 0.122 e. The zero-order chi connectivity index (χ0) is 10.6. The first-order valence-corrected chi connectivity index (χ1v) is 3.45. The van der Waals surface area contributed by atoms with Crippen molar-refractivity contribution in [2.45, 2.75) is 24.4 Å². The first-order valence-electron chi connectivity index (χ1n) is 3.45. The quantitative estimate of drug-likeness (QED) is 0.296. The molecule has 0 radical (unpaired) electrons. The van der Waals surface area contributed by atoms with E-state index in [4.69, 9.17) is 25.5 Å². The fourth-order valence-corrected chi connectivity index (χ4v) is 0.662. The van der Waals surface area contributed by atoms with Crippen molar-refractivity contribution in [2.75, 3.05) is 6.61 Å². The number of carboxylic acid groups (broad SMARTS) is 1. The van der Waals surface area contributed by atoms with Gasteiger partial charge in [-0.2, -0.15) is 0 Å². The third-order valence-corrected chi connectivity index (χ3v) is 1.50. The van der Waals surface area contributed by atoms with Gasteiger partial charge in [0.05, 0.1) is 12.6 Å². The second-order valence-electron chi connectivity index (χ2n) is 2.49. The monoisotopic (exact) mass is 195 g/mol. The second-order valence-corrected chi connectivity index (χ2v) is 2.49. The molecule has 0 aliphatic rings. The van der Waals surface area contributed by atoms with Crippen molar-refractivity contribution in [1.82, 2.24) is 0 Å². The maximum absolute atomic E-state index is 9.98. The lowest BCUT2D eigenvalue weighted by Gasteiger charge is -2.25. The molecule has 0 spiro atoms. The van der Waals surface area contributed by atoms with E-state index in [9.17, 15) is 9.90 Å². The van der Waals surface area contributed by atoms with Gasteiger partial charge in [-0.1, -0.05) is 0 Å². The summed E-state index contributed by atoms with van der Waals surface area (Å²) in [4.78, 5) is 9.98. The number of aliphatic hydroxyl groups excluding tert-OH is 5. The molecule has 0 aliphatic carbocycles. The van der Waals surface area contributed by atoms with E-state index in [0.717, 1.165) is 0 Å². The Hall–Kier alpha value is -0.730. The summed E-state index contributed by atoms with van der Waals surface area (Å²) in [5.41, 5.74) is 0. The fourth-order valence-electron chi connectivity index (χ4n) is 0.662. The van der Waals surface area contributed by atoms with Crippen LogP contribution in [0.2, 0.25) is 0 Å². The van der Waals surface area contributed by atoms with E-state index in [2.05, 4.69) is 0 Å². The summed E-state index contributed by atoms with van der Waals surface area (Å²) >= 11 is 0. The van der Waals surface area contributed by atoms with Gasteiger partial charge in [0.15, 0.2) is 0 Å². The Balaban J connectivity index is 4.24. The molecule has 0 aromatic carbocycles. The molecule has 7 nitrogen and oxygen atoms in total. The Morgan fingerprint density at radius 1 is 1.15 bits per heavy atom. The van der Waals surface area contributed by atoms with Gasteiger partial charge in [-0.15, -0.1) is 0 Å². The zero-order valence-corrected chi connectivity index (χ0v) is 6.57. The van der Waals surface area contributed by atoms with E-state index in [1.54, 1.807) is 0 Å². The molecule has 5 N–H and O–H groups in total. The van der Waals surface area contributed by atoms with Crippen LogP contribution in [0.15, 0.2) is 0 Å². The van der Waals surface area contributed by atoms with E-state index in [1.807, 2.05) is 0 Å². The summed E-state index contributed by atoms with van der Waals surface area (Å²) in [5.74, 6) is -1.98. The van der Waals surface area contributed by atoms with E-state index >= 15 is 0 Å². The highest BCUT2D eigenvalue weighted by Gasteiger charge is 2.30. The second kappa shape index (κ2) is 5.10. The molecular weight excluding hydrogens is 184 g/mol. The number of carbonyl (C=O) groups excluding carboxylic acids is 1. The van der Waals surface area contributed by atoms with Gasteiger partial charge in [0.1, 0.15) is 24.4 Å². The third kappa shape index (κ3) is 3.25. The largest absolute Gasteiger partial charge is 0.547 e. The van der Waals surface area contributed by atoms with Gasteiger partial charge in [-0.3, -0.25) is 0 Å². The van der Waals surface area contributed by atoms with Crippen molar-refractivity contribution in [3.05, 3.63) is 0 Å². The van der Waals surface area contributed by atoms with Gasteiger partial charge >= 0.3 is 0 Å². The maximum atomic E-state index is 9.98. The Labute approximate surface area is 73.5 Å². The number of rotatable bonds is 5. The average Bonchev–Trinajstić information content (AvgIpc) is 2.12. The van der Waals surface area contributed by atoms with Crippen LogP contribution in [-0.2, 0) is 4.79 Å². The molecular formula is C6H11O7-. The van der Waals surface area contributed by atoms with Gasteiger partial charge in [-0.05, 0) is 0 Å². The number of carboxylic acids is 1. The lowest BCUT2D eigenvalue weighted by molar-refractivity contribution is -0.320. The number of hydrogen-bond acceptors (Lipinski definition) is 7. The zero-order valence-electron chi connectivity index (χ0n) is 6.57. The highest BCUT2D eigenvalue weighted by Crippen LogP contribution is 2.04. The molecule has 0 rings (SSSR count). The van der Waals surface area contributed by atoms with E-state index < -0.39 is 37.0 Å². The predicted octanol–water partition coefficient (Wildman–Crippen LogP) is -4.83. The average molecular weight is 195 g/mol. The molecule has 7 heteroatoms. The lowest BCUT2D eigenvalue weighted by Crippen LogP contribution is -2.52. The van der Waals surface area contributed by atoms with Crippen LogP contribution in [-0.4, -0.2) is 62.5 Å². The summed E-state index contributed by atoms with van der Waals surface area (Å²) in [6, 6.07) is 0. The Morgan fingerprint density at radius 3 is 1.92 bits per heavy atom. The molecule has 0 unspecified atom stereocenters. The molecule has 0 saturated carbocycles. The number of aliphatic carboxylic acids is 1. The SMILES string of the molecule is O=C([O-])[C@@H](O)[C@@H](O)[C@H](O)[C@H](O)CO. The predicted molar refractivity (Wildman–Crippen MR) is 36.1 cm³/mol. The molecule has 0 aromatic rings. The van der Waals surface area contributed by atoms with Gasteiger partial charge < -0.3 is 35.4 Å². The molecule has 4 atom stereocenters. The summed E-state index contributed by atoms with van der Waals surface area (Å²) in [6.07, 6.45) is -8.08. The molecule has 0 aromatic heterocycles. The van der Waals surface area contributed by atoms with Crippen LogP contribution in [0.1, 0.15) is 0 Å². The van der Waals surface area contributed by atoms with Crippen molar-refractivity contribution in [3.8, 4) is 0 Å². The van der Waals surface area contributed by atoms with Crippen LogP contribution in [0.5, 0.6) is 0 Å². The lowest BCUT2D eigenvalue weighted by atomic mass is 10.0. The minimum absolute atomic E-state index is 0.863. The fraction of sp³-hybridized carbons (Fsp3) is 0.833. The van der Waals surface area contributed by atoms with E-state index in [0.29, 0.717) is 0 Å². The number of hydrogen-bond donors (Lipinski definition) is 5. The van der Waals surface area contributed by atoms with E-state index in [1.165, 1.54) is 0 Å². The minimum Gasteiger partial charge on any atom is -0.547 e. The molecule has 0 aliphatic heterocycles. The molecule has 78 valence electrons. The third-order valence-electron chi connectivity index (χ3n) is 1.50. The van der Waals surface area contributed by atoms with Gasteiger partial charge in [0.2, 0.25) is 0 Å². The maximum Gasteiger partial charge on any atom is 0.122 e. The van der Waals surface area contributed by atoms with Crippen LogP contribution >= 0.6 is 0 Å². The topological polar surface area (TPSA) is 141 Å². The van der Waals surface area contributed by atoms with Crippen LogP contribution < -0.4 is 5.11 Å². The van der Waals surface area contributed by atoms with Crippen LogP contribution in [0.25, 0.3) is 0 Å². The van der Waals surface area contributed by atoms with Crippen molar-refractivity contribution >= 4 is 5.97 Å². The van der Waals surface area contributed by atoms with Gasteiger partial charge in [0.25, 0.3) is 0 Å². The van der Waals surface area contributed by atoms with Crippen molar-refractivity contribution in [1.29, 1.82) is 0 Å². The van der Waals surface area contributed by atoms with Crippen LogP contribution in [0.4, 0.5) is 0 Å². The van der Waals surface area contributed by atoms with E-state index in [-0.39, 0.29) is 0 Å². The van der Waals surface area contributed by atoms with Gasteiger partial charge in [-0.25, -0.2) is 0 Å². The summed E-state index contributed by atoms with van der Waals surface area (Å²) in [5, 5.41) is 53.4. The molecule has 0 fully saturated rings. The van der Waals surface area contributed by atoms with Crippen molar-refractivity contribution in [2.24, 2.45) is 0 Å².